The monoisotopic (exact) mass is 115 g/mol. The van der Waals surface area contributed by atoms with Gasteiger partial charge in [0, 0.05) is 6.54 Å². The Kier molecular flexibility index (Phi) is 4.61. The van der Waals surface area contributed by atoms with Gasteiger partial charge in [0.1, 0.15) is 0 Å². The molecule has 0 aromatic heterocycles. The molecular weight excluding hydrogens is 102 g/mol. The molecule has 0 spiro atoms. The van der Waals surface area contributed by atoms with E-state index in [4.69, 9.17) is 5.11 Å². The zero-order valence-corrected chi connectivity index (χ0v) is 5.39. The number of rotatable bonds is 3. The summed E-state index contributed by atoms with van der Waals surface area (Å²) in [6, 6.07) is 0. The van der Waals surface area contributed by atoms with E-state index in [-0.39, 0.29) is 6.10 Å². The van der Waals surface area contributed by atoms with Crippen LogP contribution in [-0.4, -0.2) is 24.8 Å². The minimum atomic E-state index is -0.316. The van der Waals surface area contributed by atoms with E-state index in [1.165, 1.54) is 0 Å². The molecule has 0 saturated heterocycles. The van der Waals surface area contributed by atoms with Gasteiger partial charge in [0.15, 0.2) is 0 Å². The Morgan fingerprint density at radius 3 is 2.75 bits per heavy atom. The van der Waals surface area contributed by atoms with Crippen LogP contribution in [0.4, 0.5) is 0 Å². The molecule has 0 radical (unpaired) electrons. The first-order valence-electron chi connectivity index (χ1n) is 2.76. The molecule has 0 bridgehead atoms. The Morgan fingerprint density at radius 2 is 2.38 bits per heavy atom. The van der Waals surface area contributed by atoms with Crippen LogP contribution in [0, 0.1) is 0 Å². The summed E-state index contributed by atoms with van der Waals surface area (Å²) in [4.78, 5) is 0. The summed E-state index contributed by atoms with van der Waals surface area (Å²) in [5.74, 6) is 0. The van der Waals surface area contributed by atoms with Crippen molar-refractivity contribution in [3.63, 3.8) is 0 Å². The van der Waals surface area contributed by atoms with Crippen LogP contribution in [0.3, 0.4) is 0 Å². The molecule has 0 aromatic carbocycles. The molecule has 2 nitrogen and oxygen atoms in total. The predicted molar refractivity (Wildman–Crippen MR) is 34.7 cm³/mol. The summed E-state index contributed by atoms with van der Waals surface area (Å²) in [6.45, 7) is 2.55. The molecule has 0 saturated carbocycles. The zero-order chi connectivity index (χ0) is 6.41. The van der Waals surface area contributed by atoms with Gasteiger partial charge in [-0.05, 0) is 14.0 Å². The first kappa shape index (κ1) is 7.66. The molecule has 0 aliphatic carbocycles. The molecule has 1 atom stereocenters. The third-order valence-corrected chi connectivity index (χ3v) is 0.737. The highest BCUT2D eigenvalue weighted by atomic mass is 16.3. The third kappa shape index (κ3) is 5.66. The first-order valence-corrected chi connectivity index (χ1v) is 2.76. The molecule has 0 aliphatic heterocycles. The Morgan fingerprint density at radius 1 is 1.75 bits per heavy atom. The van der Waals surface area contributed by atoms with E-state index in [2.05, 4.69) is 5.32 Å². The third-order valence-electron chi connectivity index (χ3n) is 0.737. The lowest BCUT2D eigenvalue weighted by molar-refractivity contribution is 0.244. The summed E-state index contributed by atoms with van der Waals surface area (Å²) >= 11 is 0. The van der Waals surface area contributed by atoms with Crippen LogP contribution in [0.25, 0.3) is 0 Å². The van der Waals surface area contributed by atoms with Gasteiger partial charge in [0.2, 0.25) is 0 Å². The van der Waals surface area contributed by atoms with Crippen LogP contribution in [0.2, 0.25) is 0 Å². The highest BCUT2D eigenvalue weighted by molar-refractivity contribution is 4.87. The maximum absolute atomic E-state index is 8.66. The van der Waals surface area contributed by atoms with Crippen molar-refractivity contribution in [2.75, 3.05) is 13.6 Å². The minimum Gasteiger partial charge on any atom is -0.389 e. The summed E-state index contributed by atoms with van der Waals surface area (Å²) in [5, 5.41) is 11.6. The van der Waals surface area contributed by atoms with Gasteiger partial charge < -0.3 is 10.4 Å². The van der Waals surface area contributed by atoms with Crippen molar-refractivity contribution in [3.05, 3.63) is 12.2 Å². The van der Waals surface area contributed by atoms with Crippen molar-refractivity contribution in [1.82, 2.24) is 5.32 Å². The SMILES string of the molecule is CNCC=CC(C)O. The van der Waals surface area contributed by atoms with E-state index in [1.807, 2.05) is 13.1 Å². The normalized spacial score (nSPS) is 14.9. The molecule has 1 unspecified atom stereocenters. The van der Waals surface area contributed by atoms with Crippen LogP contribution in [0.1, 0.15) is 6.92 Å². The lowest BCUT2D eigenvalue weighted by Crippen LogP contribution is -2.05. The van der Waals surface area contributed by atoms with Crippen molar-refractivity contribution in [3.8, 4) is 0 Å². The number of aliphatic hydroxyl groups excluding tert-OH is 1. The van der Waals surface area contributed by atoms with Crippen LogP contribution in [-0.2, 0) is 0 Å². The van der Waals surface area contributed by atoms with Gasteiger partial charge in [-0.2, -0.15) is 0 Å². The van der Waals surface area contributed by atoms with E-state index in [9.17, 15) is 0 Å². The number of aliphatic hydroxyl groups is 1. The van der Waals surface area contributed by atoms with Crippen LogP contribution in [0.5, 0.6) is 0 Å². The lowest BCUT2D eigenvalue weighted by atomic mass is 10.3. The van der Waals surface area contributed by atoms with Crippen LogP contribution < -0.4 is 5.32 Å². The topological polar surface area (TPSA) is 32.3 Å². The number of hydrogen-bond donors (Lipinski definition) is 2. The Hall–Kier alpha value is -0.340. The van der Waals surface area contributed by atoms with Gasteiger partial charge in [0.25, 0.3) is 0 Å². The Bertz CT molecular complexity index is 68.9. The smallest absolute Gasteiger partial charge is 0.0693 e. The maximum Gasteiger partial charge on any atom is 0.0693 e. The van der Waals surface area contributed by atoms with E-state index in [0.29, 0.717) is 0 Å². The van der Waals surface area contributed by atoms with E-state index < -0.39 is 0 Å². The van der Waals surface area contributed by atoms with Crippen LogP contribution >= 0.6 is 0 Å². The largest absolute Gasteiger partial charge is 0.389 e. The quantitative estimate of drug-likeness (QED) is 0.513. The lowest BCUT2D eigenvalue weighted by Gasteiger charge is -1.91. The van der Waals surface area contributed by atoms with Gasteiger partial charge in [-0.15, -0.1) is 0 Å². The van der Waals surface area contributed by atoms with Gasteiger partial charge in [-0.25, -0.2) is 0 Å². The average Bonchev–Trinajstić information content (AvgIpc) is 1.66. The second-order valence-electron chi connectivity index (χ2n) is 1.73. The number of likely N-dealkylation sites (N-methyl/N-ethyl adjacent to an activating group) is 1. The molecular formula is C6H13NO. The summed E-state index contributed by atoms with van der Waals surface area (Å²) in [5.41, 5.74) is 0. The fourth-order valence-corrected chi connectivity index (χ4v) is 0.383. The van der Waals surface area contributed by atoms with E-state index >= 15 is 0 Å². The molecule has 0 heterocycles. The molecule has 0 amide bonds. The zero-order valence-electron chi connectivity index (χ0n) is 5.39. The van der Waals surface area contributed by atoms with Crippen LogP contribution in [0.15, 0.2) is 12.2 Å². The number of nitrogens with one attached hydrogen (secondary N) is 1. The van der Waals surface area contributed by atoms with Crippen molar-refractivity contribution in [2.24, 2.45) is 0 Å². The highest BCUT2D eigenvalue weighted by Crippen LogP contribution is 1.79. The molecule has 0 aliphatic rings. The van der Waals surface area contributed by atoms with Gasteiger partial charge >= 0.3 is 0 Å². The summed E-state index contributed by atoms with van der Waals surface area (Å²) < 4.78 is 0. The predicted octanol–water partition coefficient (Wildman–Crippen LogP) is 0.143. The minimum absolute atomic E-state index is 0.316. The van der Waals surface area contributed by atoms with E-state index in [1.54, 1.807) is 13.0 Å². The van der Waals surface area contributed by atoms with Crippen molar-refractivity contribution >= 4 is 0 Å². The standard InChI is InChI=1S/C6H13NO/c1-6(8)4-3-5-7-2/h3-4,6-8H,5H2,1-2H3. The maximum atomic E-state index is 8.66. The fourth-order valence-electron chi connectivity index (χ4n) is 0.383. The van der Waals surface area contributed by atoms with Crippen molar-refractivity contribution in [2.45, 2.75) is 13.0 Å². The van der Waals surface area contributed by atoms with Gasteiger partial charge in [-0.1, -0.05) is 12.2 Å². The molecule has 0 aromatic rings. The number of hydrogen-bond acceptors (Lipinski definition) is 2. The Balaban J connectivity index is 3.07. The van der Waals surface area contributed by atoms with E-state index in [0.717, 1.165) is 6.54 Å². The highest BCUT2D eigenvalue weighted by Gasteiger charge is 1.81. The molecule has 48 valence electrons. The average molecular weight is 115 g/mol. The molecule has 0 rings (SSSR count). The van der Waals surface area contributed by atoms with Crippen molar-refractivity contribution < 1.29 is 5.11 Å². The van der Waals surface area contributed by atoms with Gasteiger partial charge in [0.05, 0.1) is 6.10 Å². The Labute approximate surface area is 50.2 Å². The first-order chi connectivity index (χ1) is 3.77. The summed E-state index contributed by atoms with van der Waals surface area (Å²) in [6.07, 6.45) is 3.32. The second kappa shape index (κ2) is 4.81. The fraction of sp³-hybridized carbons (Fsp3) is 0.667. The molecule has 0 fully saturated rings. The molecule has 2 heteroatoms. The molecule has 2 N–H and O–H groups in total. The summed E-state index contributed by atoms with van der Waals surface area (Å²) in [7, 11) is 1.87. The van der Waals surface area contributed by atoms with Crippen molar-refractivity contribution in [1.29, 1.82) is 0 Å². The van der Waals surface area contributed by atoms with Gasteiger partial charge in [-0.3, -0.25) is 0 Å². The second-order valence-corrected chi connectivity index (χ2v) is 1.73. The molecule has 8 heavy (non-hydrogen) atoms.